The summed E-state index contributed by atoms with van der Waals surface area (Å²) < 4.78 is 0. The highest BCUT2D eigenvalue weighted by atomic mass is 32.1. The second kappa shape index (κ2) is 4.82. The lowest BCUT2D eigenvalue weighted by Gasteiger charge is -2.20. The van der Waals surface area contributed by atoms with E-state index in [1.54, 1.807) is 0 Å². The SMILES string of the molecule is CNCc1sc(N2CC(C)CC2C)nc1C1CC1. The van der Waals surface area contributed by atoms with Crippen molar-refractivity contribution in [3.8, 4) is 0 Å². The second-order valence-corrected chi connectivity index (χ2v) is 7.01. The van der Waals surface area contributed by atoms with E-state index >= 15 is 0 Å². The van der Waals surface area contributed by atoms with Crippen LogP contribution in [-0.2, 0) is 6.54 Å². The molecule has 2 aliphatic rings. The van der Waals surface area contributed by atoms with E-state index < -0.39 is 0 Å². The number of aromatic nitrogens is 1. The van der Waals surface area contributed by atoms with Gasteiger partial charge in [0.2, 0.25) is 0 Å². The third-order valence-electron chi connectivity index (χ3n) is 4.05. The third-order valence-corrected chi connectivity index (χ3v) is 5.16. The van der Waals surface area contributed by atoms with Crippen LogP contribution in [0.3, 0.4) is 0 Å². The Bertz CT molecular complexity index is 425. The Balaban J connectivity index is 1.85. The number of nitrogens with one attached hydrogen (secondary N) is 1. The maximum Gasteiger partial charge on any atom is 0.186 e. The topological polar surface area (TPSA) is 28.2 Å². The molecule has 0 radical (unpaired) electrons. The Hall–Kier alpha value is -0.610. The number of thiazole rings is 1. The van der Waals surface area contributed by atoms with Gasteiger partial charge >= 0.3 is 0 Å². The van der Waals surface area contributed by atoms with Gasteiger partial charge in [0.15, 0.2) is 5.13 Å². The van der Waals surface area contributed by atoms with E-state index in [4.69, 9.17) is 4.98 Å². The van der Waals surface area contributed by atoms with Crippen LogP contribution >= 0.6 is 11.3 Å². The molecule has 18 heavy (non-hydrogen) atoms. The number of nitrogens with zero attached hydrogens (tertiary/aromatic N) is 2. The molecule has 1 saturated heterocycles. The van der Waals surface area contributed by atoms with Gasteiger partial charge in [-0.15, -0.1) is 11.3 Å². The first-order valence-electron chi connectivity index (χ1n) is 7.10. The standard InChI is InChI=1S/C14H23N3S/c1-9-6-10(2)17(8-9)14-16-13(11-4-5-11)12(18-14)7-15-3/h9-11,15H,4-8H2,1-3H3. The first kappa shape index (κ1) is 12.4. The molecule has 1 aliphatic carbocycles. The Labute approximate surface area is 114 Å². The molecule has 3 rings (SSSR count). The minimum Gasteiger partial charge on any atom is -0.345 e. The lowest BCUT2D eigenvalue weighted by Crippen LogP contribution is -2.26. The van der Waals surface area contributed by atoms with Gasteiger partial charge in [0.05, 0.1) is 5.69 Å². The van der Waals surface area contributed by atoms with Crippen LogP contribution in [0.15, 0.2) is 0 Å². The van der Waals surface area contributed by atoms with E-state index in [2.05, 4.69) is 24.1 Å². The van der Waals surface area contributed by atoms with Crippen LogP contribution in [0.4, 0.5) is 5.13 Å². The van der Waals surface area contributed by atoms with E-state index in [0.29, 0.717) is 6.04 Å². The summed E-state index contributed by atoms with van der Waals surface area (Å²) in [6.07, 6.45) is 3.98. The summed E-state index contributed by atoms with van der Waals surface area (Å²) in [6.45, 7) is 6.83. The molecule has 2 unspecified atom stereocenters. The maximum absolute atomic E-state index is 4.96. The van der Waals surface area contributed by atoms with Crippen molar-refractivity contribution in [2.75, 3.05) is 18.5 Å². The average Bonchev–Trinajstić information content (AvgIpc) is 3.00. The van der Waals surface area contributed by atoms with Crippen molar-refractivity contribution in [2.45, 2.75) is 51.6 Å². The van der Waals surface area contributed by atoms with Gasteiger partial charge in [0, 0.05) is 29.9 Å². The molecule has 0 amide bonds. The molecule has 3 nitrogen and oxygen atoms in total. The molecule has 2 heterocycles. The molecular weight excluding hydrogens is 242 g/mol. The molecule has 1 aromatic heterocycles. The number of rotatable bonds is 4. The summed E-state index contributed by atoms with van der Waals surface area (Å²) >= 11 is 1.91. The maximum atomic E-state index is 4.96. The molecule has 4 heteroatoms. The first-order chi connectivity index (χ1) is 8.69. The van der Waals surface area contributed by atoms with E-state index in [0.717, 1.165) is 18.4 Å². The molecule has 0 spiro atoms. The Morgan fingerprint density at radius 1 is 1.39 bits per heavy atom. The molecule has 2 fully saturated rings. The van der Waals surface area contributed by atoms with Gasteiger partial charge in [-0.3, -0.25) is 0 Å². The van der Waals surface area contributed by atoms with Crippen molar-refractivity contribution >= 4 is 16.5 Å². The monoisotopic (exact) mass is 265 g/mol. The number of anilines is 1. The smallest absolute Gasteiger partial charge is 0.186 e. The predicted octanol–water partition coefficient (Wildman–Crippen LogP) is 2.97. The quantitative estimate of drug-likeness (QED) is 0.907. The molecule has 1 aromatic rings. The normalized spacial score (nSPS) is 28.1. The van der Waals surface area contributed by atoms with Gasteiger partial charge in [0.1, 0.15) is 0 Å². The molecule has 0 bridgehead atoms. The van der Waals surface area contributed by atoms with Crippen molar-refractivity contribution in [1.82, 2.24) is 10.3 Å². The summed E-state index contributed by atoms with van der Waals surface area (Å²) in [4.78, 5) is 8.94. The zero-order chi connectivity index (χ0) is 12.7. The van der Waals surface area contributed by atoms with E-state index in [9.17, 15) is 0 Å². The highest BCUT2D eigenvalue weighted by Gasteiger charge is 2.33. The highest BCUT2D eigenvalue weighted by Crippen LogP contribution is 2.45. The summed E-state index contributed by atoms with van der Waals surface area (Å²) in [5, 5.41) is 4.55. The summed E-state index contributed by atoms with van der Waals surface area (Å²) in [7, 11) is 2.02. The van der Waals surface area contributed by atoms with Gasteiger partial charge in [-0.1, -0.05) is 6.92 Å². The van der Waals surface area contributed by atoms with Crippen molar-refractivity contribution in [1.29, 1.82) is 0 Å². The molecular formula is C14H23N3S. The summed E-state index contributed by atoms with van der Waals surface area (Å²) in [5.74, 6) is 1.56. The molecule has 100 valence electrons. The summed E-state index contributed by atoms with van der Waals surface area (Å²) in [6, 6.07) is 0.653. The van der Waals surface area contributed by atoms with Gasteiger partial charge < -0.3 is 10.2 Å². The van der Waals surface area contributed by atoms with E-state index in [-0.39, 0.29) is 0 Å². The van der Waals surface area contributed by atoms with Crippen LogP contribution in [0.5, 0.6) is 0 Å². The Morgan fingerprint density at radius 3 is 2.72 bits per heavy atom. The fourth-order valence-corrected chi connectivity index (χ4v) is 4.27. The van der Waals surface area contributed by atoms with Gasteiger partial charge in [-0.2, -0.15) is 0 Å². The van der Waals surface area contributed by atoms with Crippen LogP contribution < -0.4 is 10.2 Å². The van der Waals surface area contributed by atoms with Gasteiger partial charge in [0.25, 0.3) is 0 Å². The fraction of sp³-hybridized carbons (Fsp3) is 0.786. The van der Waals surface area contributed by atoms with Crippen LogP contribution in [0.25, 0.3) is 0 Å². The molecule has 1 N–H and O–H groups in total. The Kier molecular flexibility index (Phi) is 3.32. The average molecular weight is 265 g/mol. The predicted molar refractivity (Wildman–Crippen MR) is 77.4 cm³/mol. The van der Waals surface area contributed by atoms with Crippen LogP contribution in [-0.4, -0.2) is 24.6 Å². The lowest BCUT2D eigenvalue weighted by molar-refractivity contribution is 0.625. The largest absolute Gasteiger partial charge is 0.345 e. The third kappa shape index (κ3) is 2.28. The molecule has 2 atom stereocenters. The number of hydrogen-bond donors (Lipinski definition) is 1. The Morgan fingerprint density at radius 2 is 2.17 bits per heavy atom. The molecule has 0 aromatic carbocycles. The van der Waals surface area contributed by atoms with Crippen LogP contribution in [0.1, 0.15) is 49.6 Å². The highest BCUT2D eigenvalue weighted by molar-refractivity contribution is 7.15. The zero-order valence-electron chi connectivity index (χ0n) is 11.6. The van der Waals surface area contributed by atoms with Crippen LogP contribution in [0.2, 0.25) is 0 Å². The minimum atomic E-state index is 0.653. The second-order valence-electron chi connectivity index (χ2n) is 5.95. The molecule has 1 aliphatic heterocycles. The molecule has 1 saturated carbocycles. The number of hydrogen-bond acceptors (Lipinski definition) is 4. The van der Waals surface area contributed by atoms with E-state index in [1.807, 2.05) is 18.4 Å². The van der Waals surface area contributed by atoms with Crippen LogP contribution in [0, 0.1) is 5.92 Å². The minimum absolute atomic E-state index is 0.653. The van der Waals surface area contributed by atoms with Gasteiger partial charge in [-0.25, -0.2) is 4.98 Å². The lowest BCUT2D eigenvalue weighted by atomic mass is 10.1. The van der Waals surface area contributed by atoms with Crippen molar-refractivity contribution in [3.05, 3.63) is 10.6 Å². The fourth-order valence-electron chi connectivity index (χ4n) is 3.00. The van der Waals surface area contributed by atoms with Crippen molar-refractivity contribution in [3.63, 3.8) is 0 Å². The van der Waals surface area contributed by atoms with Crippen molar-refractivity contribution in [2.24, 2.45) is 5.92 Å². The first-order valence-corrected chi connectivity index (χ1v) is 7.91. The van der Waals surface area contributed by atoms with E-state index in [1.165, 1.54) is 41.5 Å². The van der Waals surface area contributed by atoms with Gasteiger partial charge in [-0.05, 0) is 39.2 Å². The van der Waals surface area contributed by atoms with Crippen molar-refractivity contribution < 1.29 is 0 Å². The zero-order valence-corrected chi connectivity index (χ0v) is 12.4. The summed E-state index contributed by atoms with van der Waals surface area (Å²) in [5.41, 5.74) is 1.39.